The Labute approximate surface area is 141 Å². The average Bonchev–Trinajstić information content (AvgIpc) is 3.04. The van der Waals surface area contributed by atoms with Crippen molar-refractivity contribution in [3.63, 3.8) is 0 Å². The van der Waals surface area contributed by atoms with Crippen LogP contribution >= 0.6 is 0 Å². The molecule has 144 valence electrons. The molecule has 2 bridgehead atoms. The van der Waals surface area contributed by atoms with Gasteiger partial charge >= 0.3 is 18.3 Å². The van der Waals surface area contributed by atoms with Crippen molar-refractivity contribution in [1.29, 1.82) is 0 Å². The lowest BCUT2D eigenvalue weighted by Gasteiger charge is -2.37. The van der Waals surface area contributed by atoms with Crippen LogP contribution in [0.5, 0.6) is 0 Å². The van der Waals surface area contributed by atoms with Crippen molar-refractivity contribution >= 4 is 5.97 Å². The highest BCUT2D eigenvalue weighted by Gasteiger charge is 2.71. The fraction of sp³-hybridized carbons (Fsp3) is 0.812. The highest BCUT2D eigenvalue weighted by atomic mass is 19.4. The van der Waals surface area contributed by atoms with Gasteiger partial charge in [0.2, 0.25) is 0 Å². The van der Waals surface area contributed by atoms with Gasteiger partial charge in [0.1, 0.15) is 0 Å². The van der Waals surface area contributed by atoms with Crippen molar-refractivity contribution in [2.45, 2.75) is 50.1 Å². The third kappa shape index (κ3) is 3.96. The second-order valence-electron chi connectivity index (χ2n) is 6.97. The van der Waals surface area contributed by atoms with Gasteiger partial charge in [0, 0.05) is 6.08 Å². The lowest BCUT2D eigenvalue weighted by Crippen LogP contribution is -2.58. The van der Waals surface area contributed by atoms with Gasteiger partial charge in [-0.15, -0.1) is 0 Å². The summed E-state index contributed by atoms with van der Waals surface area (Å²) in [4.78, 5) is 11.0. The van der Waals surface area contributed by atoms with Crippen molar-refractivity contribution in [3.05, 3.63) is 12.7 Å². The molecular weight excluding hydrogens is 354 g/mol. The molecule has 2 aliphatic carbocycles. The van der Waals surface area contributed by atoms with Crippen LogP contribution in [0.3, 0.4) is 0 Å². The number of aliphatic hydroxyl groups is 1. The number of halogens is 6. The molecule has 0 amide bonds. The van der Waals surface area contributed by atoms with Crippen molar-refractivity contribution in [2.75, 3.05) is 6.61 Å². The van der Waals surface area contributed by atoms with Crippen LogP contribution in [0, 0.1) is 23.7 Å². The second kappa shape index (κ2) is 6.81. The van der Waals surface area contributed by atoms with Crippen LogP contribution < -0.4 is 0 Å². The van der Waals surface area contributed by atoms with Gasteiger partial charge in [0.15, 0.2) is 0 Å². The summed E-state index contributed by atoms with van der Waals surface area (Å²) in [5.41, 5.74) is -4.66. The smallest absolute Gasteiger partial charge is 0.426 e. The fourth-order valence-electron chi connectivity index (χ4n) is 4.26. The molecule has 0 spiro atoms. The van der Waals surface area contributed by atoms with E-state index >= 15 is 0 Å². The lowest BCUT2D eigenvalue weighted by atomic mass is 9.75. The fourth-order valence-corrected chi connectivity index (χ4v) is 4.26. The van der Waals surface area contributed by atoms with Crippen molar-refractivity contribution in [2.24, 2.45) is 23.7 Å². The Bertz CT molecular complexity index is 499. The van der Waals surface area contributed by atoms with Gasteiger partial charge in [0.05, 0.1) is 6.61 Å². The standard InChI is InChI=1S/C16H20F6O3/c1-2-13(23)25-4-3-9-5-11-6-10(9)7-12(11)8-14(24,15(17,18)19)16(20,21)22/h2,9-12,24H,1,3-8H2. The number of alkyl halides is 6. The SMILES string of the molecule is C=CC(=O)OCCC1CC2CC1CC2CC(O)(C(F)(F)F)C(F)(F)F. The van der Waals surface area contributed by atoms with Crippen LogP contribution in [0.2, 0.25) is 0 Å². The minimum Gasteiger partial charge on any atom is -0.463 e. The molecular formula is C16H20F6O3. The second-order valence-corrected chi connectivity index (χ2v) is 6.97. The molecule has 0 aromatic heterocycles. The molecule has 0 aromatic rings. The first-order valence-corrected chi connectivity index (χ1v) is 8.04. The monoisotopic (exact) mass is 374 g/mol. The molecule has 0 radical (unpaired) electrons. The number of carbonyl (C=O) groups excluding carboxylic acids is 1. The first-order valence-electron chi connectivity index (χ1n) is 8.04. The Balaban J connectivity index is 1.94. The van der Waals surface area contributed by atoms with E-state index in [1.165, 1.54) is 0 Å². The largest absolute Gasteiger partial charge is 0.463 e. The zero-order valence-corrected chi connectivity index (χ0v) is 13.4. The van der Waals surface area contributed by atoms with Crippen LogP contribution in [0.25, 0.3) is 0 Å². The maximum atomic E-state index is 12.8. The van der Waals surface area contributed by atoms with Gasteiger partial charge in [0.25, 0.3) is 5.60 Å². The molecule has 0 saturated heterocycles. The number of hydrogen-bond donors (Lipinski definition) is 1. The van der Waals surface area contributed by atoms with Gasteiger partial charge in [-0.2, -0.15) is 26.3 Å². The number of ether oxygens (including phenoxy) is 1. The van der Waals surface area contributed by atoms with E-state index in [0.29, 0.717) is 19.3 Å². The van der Waals surface area contributed by atoms with Crippen LogP contribution in [0.15, 0.2) is 12.7 Å². The van der Waals surface area contributed by atoms with Crippen LogP contribution in [0.4, 0.5) is 26.3 Å². The summed E-state index contributed by atoms with van der Waals surface area (Å²) in [5.74, 6) is -1.54. The molecule has 2 rings (SSSR count). The maximum Gasteiger partial charge on any atom is 0.426 e. The summed E-state index contributed by atoms with van der Waals surface area (Å²) >= 11 is 0. The Morgan fingerprint density at radius 3 is 2.00 bits per heavy atom. The number of esters is 1. The van der Waals surface area contributed by atoms with Crippen molar-refractivity contribution in [3.8, 4) is 0 Å². The highest BCUT2D eigenvalue weighted by molar-refractivity contribution is 5.81. The summed E-state index contributed by atoms with van der Waals surface area (Å²) in [5, 5.41) is 9.35. The van der Waals surface area contributed by atoms with E-state index < -0.39 is 36.3 Å². The normalized spacial score (nSPS) is 29.7. The Kier molecular flexibility index (Phi) is 5.47. The van der Waals surface area contributed by atoms with Crippen LogP contribution in [-0.2, 0) is 9.53 Å². The minimum absolute atomic E-state index is 0.00292. The quantitative estimate of drug-likeness (QED) is 0.434. The van der Waals surface area contributed by atoms with Crippen molar-refractivity contribution in [1.82, 2.24) is 0 Å². The van der Waals surface area contributed by atoms with E-state index in [-0.39, 0.29) is 30.8 Å². The van der Waals surface area contributed by atoms with Gasteiger partial charge in [-0.1, -0.05) is 6.58 Å². The van der Waals surface area contributed by atoms with E-state index in [0.717, 1.165) is 6.08 Å². The van der Waals surface area contributed by atoms with Gasteiger partial charge in [-0.05, 0) is 55.8 Å². The lowest BCUT2D eigenvalue weighted by molar-refractivity contribution is -0.373. The summed E-state index contributed by atoms with van der Waals surface area (Å²) in [7, 11) is 0. The molecule has 2 saturated carbocycles. The number of rotatable bonds is 6. The van der Waals surface area contributed by atoms with Crippen LogP contribution in [0.1, 0.15) is 32.1 Å². The summed E-state index contributed by atoms with van der Waals surface area (Å²) < 4.78 is 81.8. The molecule has 2 fully saturated rings. The number of carbonyl (C=O) groups is 1. The number of fused-ring (bicyclic) bond motifs is 2. The van der Waals surface area contributed by atoms with Crippen molar-refractivity contribution < 1.29 is 41.0 Å². The molecule has 4 atom stereocenters. The molecule has 9 heteroatoms. The summed E-state index contributed by atoms with van der Waals surface area (Å²) in [6.45, 7) is 3.40. The molecule has 0 heterocycles. The molecule has 4 unspecified atom stereocenters. The zero-order valence-electron chi connectivity index (χ0n) is 13.4. The maximum absolute atomic E-state index is 12.8. The minimum atomic E-state index is -5.76. The van der Waals surface area contributed by atoms with Crippen LogP contribution in [-0.4, -0.2) is 35.6 Å². The van der Waals surface area contributed by atoms with E-state index in [4.69, 9.17) is 4.74 Å². The molecule has 1 N–H and O–H groups in total. The summed E-state index contributed by atoms with van der Waals surface area (Å²) in [6.07, 6.45) is -10.1. The van der Waals surface area contributed by atoms with E-state index in [1.54, 1.807) is 0 Å². The first-order chi connectivity index (χ1) is 11.4. The predicted molar refractivity (Wildman–Crippen MR) is 75.3 cm³/mol. The molecule has 3 nitrogen and oxygen atoms in total. The van der Waals surface area contributed by atoms with Gasteiger partial charge < -0.3 is 9.84 Å². The van der Waals surface area contributed by atoms with Gasteiger partial charge in [-0.3, -0.25) is 0 Å². The molecule has 2 aliphatic rings. The highest BCUT2D eigenvalue weighted by Crippen LogP contribution is 2.57. The molecule has 0 aromatic carbocycles. The molecule has 0 aliphatic heterocycles. The average molecular weight is 374 g/mol. The Morgan fingerprint density at radius 1 is 1.04 bits per heavy atom. The van der Waals surface area contributed by atoms with E-state index in [2.05, 4.69) is 6.58 Å². The van der Waals surface area contributed by atoms with E-state index in [1.807, 2.05) is 0 Å². The summed E-state index contributed by atoms with van der Waals surface area (Å²) in [6, 6.07) is 0. The Morgan fingerprint density at radius 2 is 1.56 bits per heavy atom. The zero-order chi connectivity index (χ0) is 19.0. The van der Waals surface area contributed by atoms with Gasteiger partial charge in [-0.25, -0.2) is 4.79 Å². The third-order valence-corrected chi connectivity index (χ3v) is 5.54. The third-order valence-electron chi connectivity index (χ3n) is 5.54. The van der Waals surface area contributed by atoms with E-state index in [9.17, 15) is 36.2 Å². The first kappa shape index (κ1) is 20.1. The Hall–Kier alpha value is -1.25. The topological polar surface area (TPSA) is 46.5 Å². The number of hydrogen-bond acceptors (Lipinski definition) is 3. The predicted octanol–water partition coefficient (Wildman–Crippen LogP) is 4.01. The molecule has 25 heavy (non-hydrogen) atoms.